The van der Waals surface area contributed by atoms with Crippen LogP contribution >= 0.6 is 23.2 Å². The molecule has 0 spiro atoms. The Bertz CT molecular complexity index is 642. The van der Waals surface area contributed by atoms with Gasteiger partial charge in [0.05, 0.1) is 10.0 Å². The average molecular weight is 337 g/mol. The smallest absolute Gasteiger partial charge is 0.222 e. The summed E-state index contributed by atoms with van der Waals surface area (Å²) >= 11 is 11.8. The van der Waals surface area contributed by atoms with E-state index in [2.05, 4.69) is 10.6 Å². The number of rotatable bonds is 6. The zero-order valence-corrected chi connectivity index (χ0v) is 13.8. The van der Waals surface area contributed by atoms with Gasteiger partial charge in [-0.3, -0.25) is 4.79 Å². The summed E-state index contributed by atoms with van der Waals surface area (Å²) in [7, 11) is 0. The maximum absolute atomic E-state index is 11.8. The second-order valence-electron chi connectivity index (χ2n) is 5.07. The van der Waals surface area contributed by atoms with Gasteiger partial charge in [-0.1, -0.05) is 53.0 Å². The van der Waals surface area contributed by atoms with Crippen LogP contribution in [0.2, 0.25) is 10.0 Å². The molecule has 0 heterocycles. The Hall–Kier alpha value is -1.71. The lowest BCUT2D eigenvalue weighted by molar-refractivity contribution is -0.121. The maximum Gasteiger partial charge on any atom is 0.222 e. The molecule has 0 fully saturated rings. The van der Waals surface area contributed by atoms with Crippen molar-refractivity contribution in [2.75, 3.05) is 11.9 Å². The van der Waals surface area contributed by atoms with E-state index >= 15 is 0 Å². The Labute approximate surface area is 140 Å². The van der Waals surface area contributed by atoms with E-state index in [1.807, 2.05) is 37.3 Å². The summed E-state index contributed by atoms with van der Waals surface area (Å²) in [6.45, 7) is 3.13. The predicted octanol–water partition coefficient (Wildman–Crippen LogP) is 4.42. The van der Waals surface area contributed by atoms with Crippen molar-refractivity contribution >= 4 is 34.8 Å². The Kier molecular flexibility index (Phi) is 6.10. The maximum atomic E-state index is 11.8. The SMILES string of the molecule is Cc1ccc(CNC(=O)CCNc2ccc(Cl)c(Cl)c2)cc1. The van der Waals surface area contributed by atoms with Crippen molar-refractivity contribution in [2.45, 2.75) is 19.9 Å². The van der Waals surface area contributed by atoms with Crippen LogP contribution in [0.3, 0.4) is 0 Å². The highest BCUT2D eigenvalue weighted by Gasteiger charge is 2.03. The highest BCUT2D eigenvalue weighted by molar-refractivity contribution is 6.42. The number of amides is 1. The number of anilines is 1. The molecule has 0 atom stereocenters. The van der Waals surface area contributed by atoms with Gasteiger partial charge in [-0.2, -0.15) is 0 Å². The minimum absolute atomic E-state index is 0.00753. The molecule has 2 rings (SSSR count). The van der Waals surface area contributed by atoms with Crippen LogP contribution in [0.5, 0.6) is 0 Å². The van der Waals surface area contributed by atoms with Gasteiger partial charge in [-0.25, -0.2) is 0 Å². The molecule has 3 nitrogen and oxygen atoms in total. The minimum atomic E-state index is 0.00753. The Balaban J connectivity index is 1.71. The van der Waals surface area contributed by atoms with E-state index in [-0.39, 0.29) is 5.91 Å². The summed E-state index contributed by atoms with van der Waals surface area (Å²) in [6.07, 6.45) is 0.395. The van der Waals surface area contributed by atoms with Gasteiger partial charge < -0.3 is 10.6 Å². The van der Waals surface area contributed by atoms with Crippen LogP contribution in [0.25, 0.3) is 0 Å². The third kappa shape index (κ3) is 5.24. The van der Waals surface area contributed by atoms with Crippen molar-refractivity contribution in [3.63, 3.8) is 0 Å². The van der Waals surface area contributed by atoms with Crippen LogP contribution in [0.15, 0.2) is 42.5 Å². The first-order valence-electron chi connectivity index (χ1n) is 7.06. The molecule has 0 saturated heterocycles. The Morgan fingerprint density at radius 2 is 1.77 bits per heavy atom. The van der Waals surface area contributed by atoms with Gasteiger partial charge in [0.1, 0.15) is 0 Å². The van der Waals surface area contributed by atoms with E-state index in [4.69, 9.17) is 23.2 Å². The van der Waals surface area contributed by atoms with Crippen LogP contribution in [-0.4, -0.2) is 12.5 Å². The number of nitrogens with one attached hydrogen (secondary N) is 2. The molecule has 0 aliphatic carbocycles. The normalized spacial score (nSPS) is 10.3. The van der Waals surface area contributed by atoms with E-state index in [0.29, 0.717) is 29.6 Å². The lowest BCUT2D eigenvalue weighted by atomic mass is 10.1. The quantitative estimate of drug-likeness (QED) is 0.819. The summed E-state index contributed by atoms with van der Waals surface area (Å²) in [5.41, 5.74) is 3.15. The fraction of sp³-hybridized carbons (Fsp3) is 0.235. The van der Waals surface area contributed by atoms with Crippen LogP contribution in [0.1, 0.15) is 17.5 Å². The molecule has 2 aromatic carbocycles. The molecule has 0 aliphatic heterocycles. The number of halogens is 2. The van der Waals surface area contributed by atoms with Crippen LogP contribution in [0.4, 0.5) is 5.69 Å². The number of hydrogen-bond donors (Lipinski definition) is 2. The molecule has 5 heteroatoms. The summed E-state index contributed by atoms with van der Waals surface area (Å²) in [5, 5.41) is 7.06. The third-order valence-corrected chi connectivity index (χ3v) is 3.95. The highest BCUT2D eigenvalue weighted by Crippen LogP contribution is 2.24. The molecule has 0 radical (unpaired) electrons. The van der Waals surface area contributed by atoms with Crippen molar-refractivity contribution in [2.24, 2.45) is 0 Å². The van der Waals surface area contributed by atoms with Gasteiger partial charge >= 0.3 is 0 Å². The van der Waals surface area contributed by atoms with E-state index in [9.17, 15) is 4.79 Å². The van der Waals surface area contributed by atoms with Crippen LogP contribution in [0, 0.1) is 6.92 Å². The van der Waals surface area contributed by atoms with Crippen molar-refractivity contribution in [3.05, 3.63) is 63.6 Å². The van der Waals surface area contributed by atoms with Crippen molar-refractivity contribution in [1.82, 2.24) is 5.32 Å². The summed E-state index contributed by atoms with van der Waals surface area (Å²) in [4.78, 5) is 11.8. The van der Waals surface area contributed by atoms with Crippen molar-refractivity contribution in [3.8, 4) is 0 Å². The number of hydrogen-bond acceptors (Lipinski definition) is 2. The molecular weight excluding hydrogens is 319 g/mol. The van der Waals surface area contributed by atoms with E-state index in [0.717, 1.165) is 11.3 Å². The van der Waals surface area contributed by atoms with Crippen molar-refractivity contribution < 1.29 is 4.79 Å². The van der Waals surface area contributed by atoms with E-state index in [1.54, 1.807) is 12.1 Å². The molecule has 0 unspecified atom stereocenters. The fourth-order valence-corrected chi connectivity index (χ4v) is 2.22. The first kappa shape index (κ1) is 16.7. The summed E-state index contributed by atoms with van der Waals surface area (Å²) in [6, 6.07) is 13.4. The highest BCUT2D eigenvalue weighted by atomic mass is 35.5. The van der Waals surface area contributed by atoms with Crippen molar-refractivity contribution in [1.29, 1.82) is 0 Å². The average Bonchev–Trinajstić information content (AvgIpc) is 2.50. The monoisotopic (exact) mass is 336 g/mol. The summed E-state index contributed by atoms with van der Waals surface area (Å²) in [5.74, 6) is 0.00753. The first-order chi connectivity index (χ1) is 10.5. The van der Waals surface area contributed by atoms with Crippen LogP contribution < -0.4 is 10.6 Å². The van der Waals surface area contributed by atoms with Gasteiger partial charge in [-0.15, -0.1) is 0 Å². The minimum Gasteiger partial charge on any atom is -0.384 e. The van der Waals surface area contributed by atoms with Gasteiger partial charge in [0, 0.05) is 25.2 Å². The molecule has 0 saturated carbocycles. The zero-order chi connectivity index (χ0) is 15.9. The Morgan fingerprint density at radius 3 is 2.45 bits per heavy atom. The van der Waals surface area contributed by atoms with Crippen LogP contribution in [-0.2, 0) is 11.3 Å². The second-order valence-corrected chi connectivity index (χ2v) is 5.88. The zero-order valence-electron chi connectivity index (χ0n) is 12.3. The number of carbonyl (C=O) groups excluding carboxylic acids is 1. The molecule has 22 heavy (non-hydrogen) atoms. The Morgan fingerprint density at radius 1 is 1.05 bits per heavy atom. The molecular formula is C17H18Cl2N2O. The largest absolute Gasteiger partial charge is 0.384 e. The predicted molar refractivity (Wildman–Crippen MR) is 92.6 cm³/mol. The van der Waals surface area contributed by atoms with E-state index in [1.165, 1.54) is 5.56 Å². The molecule has 0 aromatic heterocycles. The first-order valence-corrected chi connectivity index (χ1v) is 7.81. The summed E-state index contributed by atoms with van der Waals surface area (Å²) < 4.78 is 0. The third-order valence-electron chi connectivity index (χ3n) is 3.21. The standard InChI is InChI=1S/C17H18Cl2N2O/c1-12-2-4-13(5-3-12)11-21-17(22)8-9-20-14-6-7-15(18)16(19)10-14/h2-7,10,20H,8-9,11H2,1H3,(H,21,22). The molecule has 116 valence electrons. The molecule has 1 amide bonds. The number of benzene rings is 2. The van der Waals surface area contributed by atoms with E-state index < -0.39 is 0 Å². The molecule has 0 aliphatic rings. The lowest BCUT2D eigenvalue weighted by Crippen LogP contribution is -2.24. The topological polar surface area (TPSA) is 41.1 Å². The fourth-order valence-electron chi connectivity index (χ4n) is 1.92. The molecule has 2 aromatic rings. The van der Waals surface area contributed by atoms with Gasteiger partial charge in [0.2, 0.25) is 5.91 Å². The lowest BCUT2D eigenvalue weighted by Gasteiger charge is -2.08. The molecule has 0 bridgehead atoms. The second kappa shape index (κ2) is 8.06. The number of carbonyl (C=O) groups is 1. The van der Waals surface area contributed by atoms with Gasteiger partial charge in [0.15, 0.2) is 0 Å². The molecule has 2 N–H and O–H groups in total. The number of aryl methyl sites for hydroxylation is 1. The van der Waals surface area contributed by atoms with Gasteiger partial charge in [-0.05, 0) is 30.7 Å². The van der Waals surface area contributed by atoms with Gasteiger partial charge in [0.25, 0.3) is 0 Å².